The molecule has 14 nitrogen and oxygen atoms in total. The van der Waals surface area contributed by atoms with E-state index >= 15 is 0 Å². The Bertz CT molecular complexity index is 1970. The summed E-state index contributed by atoms with van der Waals surface area (Å²) in [5, 5.41) is 33.2. The number of nitrogens with zero attached hydrogens (tertiary/aromatic N) is 7. The summed E-state index contributed by atoms with van der Waals surface area (Å²) in [6.45, 7) is 3.22. The van der Waals surface area contributed by atoms with Gasteiger partial charge in [-0.15, -0.1) is 0 Å². The monoisotopic (exact) mass is 675 g/mol. The number of ether oxygens (including phenoxy) is 2. The zero-order chi connectivity index (χ0) is 34.5. The number of carbonyl (C=O) groups excluding carboxylic acids is 1. The third-order valence-electron chi connectivity index (χ3n) is 8.70. The lowest BCUT2D eigenvalue weighted by atomic mass is 9.91. The Hall–Kier alpha value is -5.70. The van der Waals surface area contributed by atoms with Crippen molar-refractivity contribution >= 4 is 29.4 Å². The van der Waals surface area contributed by atoms with Crippen LogP contribution in [-0.2, 0) is 27.2 Å². The molecule has 3 aromatic carbocycles. The van der Waals surface area contributed by atoms with Crippen LogP contribution in [0.1, 0.15) is 47.7 Å². The zero-order valence-electron chi connectivity index (χ0n) is 27.2. The topological polar surface area (TPSA) is 174 Å². The number of hydrogen-bond donors (Lipinski definition) is 4. The van der Waals surface area contributed by atoms with E-state index < -0.39 is 30.8 Å². The average molecular weight is 676 g/mol. The lowest BCUT2D eigenvalue weighted by Crippen LogP contribution is -2.32. The number of aliphatic hydroxyl groups excluding tert-OH is 2. The Kier molecular flexibility index (Phi) is 9.73. The van der Waals surface area contributed by atoms with Crippen LogP contribution in [0.5, 0.6) is 0 Å². The van der Waals surface area contributed by atoms with Gasteiger partial charge in [0.1, 0.15) is 18.7 Å². The van der Waals surface area contributed by atoms with Gasteiger partial charge in [-0.25, -0.2) is 9.97 Å². The molecule has 1 aliphatic heterocycles. The highest BCUT2D eigenvalue weighted by atomic mass is 16.6. The van der Waals surface area contributed by atoms with Crippen molar-refractivity contribution in [2.45, 2.75) is 56.6 Å². The Labute approximate surface area is 287 Å². The van der Waals surface area contributed by atoms with Crippen molar-refractivity contribution in [3.8, 4) is 0 Å². The molecule has 1 saturated heterocycles. The fourth-order valence-electron chi connectivity index (χ4n) is 6.22. The lowest BCUT2D eigenvalue weighted by molar-refractivity contribution is -0.142. The summed E-state index contributed by atoms with van der Waals surface area (Å²) < 4.78 is 14.9. The van der Waals surface area contributed by atoms with Crippen molar-refractivity contribution in [2.75, 3.05) is 17.2 Å². The summed E-state index contributed by atoms with van der Waals surface area (Å²) >= 11 is 0. The number of rotatable bonds is 14. The molecule has 4 N–H and O–H groups in total. The van der Waals surface area contributed by atoms with Crippen molar-refractivity contribution in [1.82, 2.24) is 34.3 Å². The summed E-state index contributed by atoms with van der Waals surface area (Å²) in [7, 11) is 0. The van der Waals surface area contributed by atoms with Crippen LogP contribution < -0.4 is 10.6 Å². The number of benzene rings is 3. The second-order valence-corrected chi connectivity index (χ2v) is 11.9. The molecule has 7 rings (SSSR count). The van der Waals surface area contributed by atoms with E-state index in [2.05, 4.69) is 50.0 Å². The first-order valence-corrected chi connectivity index (χ1v) is 16.4. The molecule has 0 amide bonds. The Morgan fingerprint density at radius 1 is 0.940 bits per heavy atom. The molecule has 1 fully saturated rings. The van der Waals surface area contributed by atoms with E-state index in [-0.39, 0.29) is 24.2 Å². The van der Waals surface area contributed by atoms with Gasteiger partial charge in [-0.05, 0) is 23.6 Å². The Balaban J connectivity index is 1.25. The van der Waals surface area contributed by atoms with Crippen LogP contribution in [-0.4, -0.2) is 75.9 Å². The fourth-order valence-corrected chi connectivity index (χ4v) is 6.22. The van der Waals surface area contributed by atoms with Crippen LogP contribution in [0, 0.1) is 0 Å². The fraction of sp³-hybridized carbons (Fsp3) is 0.278. The van der Waals surface area contributed by atoms with Gasteiger partial charge in [0.15, 0.2) is 41.2 Å². The van der Waals surface area contributed by atoms with Gasteiger partial charge in [0, 0.05) is 25.4 Å². The van der Waals surface area contributed by atoms with Crippen molar-refractivity contribution in [3.63, 3.8) is 0 Å². The van der Waals surface area contributed by atoms with Gasteiger partial charge in [0.05, 0.1) is 6.33 Å². The zero-order valence-corrected chi connectivity index (χ0v) is 27.2. The average Bonchev–Trinajstić information content (AvgIpc) is 3.87. The maximum absolute atomic E-state index is 11.6. The highest BCUT2D eigenvalue weighted by molar-refractivity contribution is 5.84. The molecule has 0 saturated carbocycles. The van der Waals surface area contributed by atoms with Gasteiger partial charge < -0.3 is 30.3 Å². The van der Waals surface area contributed by atoms with Crippen LogP contribution in [0.4, 0.5) is 11.8 Å². The first kappa shape index (κ1) is 32.8. The second kappa shape index (κ2) is 14.8. The van der Waals surface area contributed by atoms with Crippen LogP contribution in [0.3, 0.4) is 0 Å². The molecule has 256 valence electrons. The van der Waals surface area contributed by atoms with Gasteiger partial charge in [0.2, 0.25) is 5.95 Å². The molecular weight excluding hydrogens is 638 g/mol. The summed E-state index contributed by atoms with van der Waals surface area (Å²) in [5.74, 6) is 0.764. The van der Waals surface area contributed by atoms with Crippen LogP contribution >= 0.6 is 0 Å². The number of nitrogens with one attached hydrogen (secondary N) is 2. The number of carbonyl (C=O) groups is 1. The molecule has 14 heteroatoms. The van der Waals surface area contributed by atoms with Crippen molar-refractivity contribution in [1.29, 1.82) is 0 Å². The molecule has 4 heterocycles. The predicted octanol–water partition coefficient (Wildman–Crippen LogP) is 3.83. The number of aromatic nitrogens is 7. The number of hydrogen-bond acceptors (Lipinski definition) is 12. The minimum absolute atomic E-state index is 0.0283. The third-order valence-corrected chi connectivity index (χ3v) is 8.70. The molecule has 50 heavy (non-hydrogen) atoms. The minimum Gasteiger partial charge on any atom is -0.457 e. The van der Waals surface area contributed by atoms with Gasteiger partial charge in [-0.3, -0.25) is 14.0 Å². The summed E-state index contributed by atoms with van der Waals surface area (Å²) in [5.41, 5.74) is 3.89. The van der Waals surface area contributed by atoms with Crippen LogP contribution in [0.2, 0.25) is 0 Å². The van der Waals surface area contributed by atoms with E-state index in [1.807, 2.05) is 73.7 Å². The molecule has 0 bridgehead atoms. The lowest BCUT2D eigenvalue weighted by Gasteiger charge is -2.21. The Morgan fingerprint density at radius 2 is 1.62 bits per heavy atom. The van der Waals surface area contributed by atoms with Gasteiger partial charge >= 0.3 is 0 Å². The third kappa shape index (κ3) is 6.89. The van der Waals surface area contributed by atoms with Gasteiger partial charge in [-0.2, -0.15) is 15.1 Å². The van der Waals surface area contributed by atoms with E-state index in [4.69, 9.17) is 19.4 Å². The number of aliphatic hydroxyl groups is 2. The molecule has 1 aliphatic rings. The molecule has 0 aliphatic carbocycles. The normalized spacial score (nSPS) is 19.4. The molecule has 3 aromatic heterocycles. The number of imidazole rings is 1. The van der Waals surface area contributed by atoms with E-state index in [9.17, 15) is 15.0 Å². The summed E-state index contributed by atoms with van der Waals surface area (Å²) in [4.78, 5) is 30.1. The first-order chi connectivity index (χ1) is 24.5. The summed E-state index contributed by atoms with van der Waals surface area (Å²) in [6, 6.07) is 29.9. The standard InChI is InChI=1S/C36H37N9O5/c1-2-44-20-39-33(43-44)30-29(48)31(49-22-46)35(50-30)45-21-38-28-32(37-19-26(24-14-8-4-9-15-24)25-16-10-5-11-17-25)41-36(42-34(28)45)40-27(47)18-23-12-6-3-7-13-23/h3-17,20-22,26-27,29-31,35,47-48H,2,18-19H2,1H3,(H2,37,40,41,42)/t27-,29-,30+,31-,35-/m1/s1. The largest absolute Gasteiger partial charge is 0.457 e. The maximum atomic E-state index is 11.6. The highest BCUT2D eigenvalue weighted by Gasteiger charge is 2.49. The molecular formula is C36H37N9O5. The SMILES string of the molecule is CCn1cnc([C@H]2O[C@@H](n3cnc4c(NCC(c5ccccc5)c5ccccc5)nc(N[C@H](O)Cc5ccccc5)nc43)[C@H](OC=O)[C@@H]2O)n1. The predicted molar refractivity (Wildman–Crippen MR) is 184 cm³/mol. The molecule has 0 radical (unpaired) electrons. The van der Waals surface area contributed by atoms with Gasteiger partial charge in [-0.1, -0.05) is 91.0 Å². The van der Waals surface area contributed by atoms with Crippen LogP contribution in [0.15, 0.2) is 104 Å². The van der Waals surface area contributed by atoms with E-state index in [0.717, 1.165) is 16.7 Å². The maximum Gasteiger partial charge on any atom is 0.293 e. The van der Waals surface area contributed by atoms with Crippen molar-refractivity contribution in [2.24, 2.45) is 0 Å². The first-order valence-electron chi connectivity index (χ1n) is 16.4. The van der Waals surface area contributed by atoms with Crippen molar-refractivity contribution < 1.29 is 24.5 Å². The minimum atomic E-state index is -1.28. The number of aryl methyl sites for hydroxylation is 1. The molecule has 0 spiro atoms. The van der Waals surface area contributed by atoms with Gasteiger partial charge in [0.25, 0.3) is 6.47 Å². The Morgan fingerprint density at radius 3 is 2.26 bits per heavy atom. The molecule has 5 atom stereocenters. The second-order valence-electron chi connectivity index (χ2n) is 11.9. The van der Waals surface area contributed by atoms with Crippen LogP contribution in [0.25, 0.3) is 11.2 Å². The number of fused-ring (bicyclic) bond motifs is 1. The van der Waals surface area contributed by atoms with E-state index in [0.29, 0.717) is 36.5 Å². The van der Waals surface area contributed by atoms with Crippen molar-refractivity contribution in [3.05, 3.63) is 126 Å². The molecule has 0 unspecified atom stereocenters. The quantitative estimate of drug-likeness (QED) is 0.0972. The summed E-state index contributed by atoms with van der Waals surface area (Å²) in [6.07, 6.45) is -2.10. The van der Waals surface area contributed by atoms with E-state index in [1.54, 1.807) is 15.6 Å². The highest BCUT2D eigenvalue weighted by Crippen LogP contribution is 2.40. The molecule has 6 aromatic rings. The van der Waals surface area contributed by atoms with E-state index in [1.165, 1.54) is 6.33 Å². The smallest absolute Gasteiger partial charge is 0.293 e. The number of anilines is 2.